The van der Waals surface area contributed by atoms with Crippen LogP contribution in [0.15, 0.2) is 48.8 Å². The molecule has 0 radical (unpaired) electrons. The predicted octanol–water partition coefficient (Wildman–Crippen LogP) is 5.61. The van der Waals surface area contributed by atoms with Crippen LogP contribution < -0.4 is 4.90 Å². The molecule has 2 atom stereocenters. The van der Waals surface area contributed by atoms with Crippen LogP contribution in [0.3, 0.4) is 0 Å². The molecule has 0 spiro atoms. The minimum atomic E-state index is 0.177. The molecule has 0 saturated carbocycles. The third-order valence-corrected chi connectivity index (χ3v) is 6.44. The monoisotopic (exact) mass is 405 g/mol. The zero-order valence-electron chi connectivity index (χ0n) is 16.9. The summed E-state index contributed by atoms with van der Waals surface area (Å²) in [7, 11) is 0. The van der Waals surface area contributed by atoms with Gasteiger partial charge in [-0.2, -0.15) is 5.10 Å². The number of benzene rings is 2. The van der Waals surface area contributed by atoms with Gasteiger partial charge in [0, 0.05) is 24.0 Å². The van der Waals surface area contributed by atoms with E-state index < -0.39 is 0 Å². The first-order chi connectivity index (χ1) is 14.0. The van der Waals surface area contributed by atoms with Crippen LogP contribution in [-0.4, -0.2) is 26.3 Å². The highest BCUT2D eigenvalue weighted by molar-refractivity contribution is 6.32. The van der Waals surface area contributed by atoms with E-state index in [0.717, 1.165) is 46.1 Å². The number of rotatable bonds is 3. The largest absolute Gasteiger partial charge is 0.359 e. The van der Waals surface area contributed by atoms with Crippen molar-refractivity contribution in [3.05, 3.63) is 70.8 Å². The molecule has 1 aliphatic rings. The van der Waals surface area contributed by atoms with Gasteiger partial charge in [0.1, 0.15) is 5.82 Å². The van der Waals surface area contributed by atoms with Crippen LogP contribution in [0.1, 0.15) is 36.3 Å². The van der Waals surface area contributed by atoms with E-state index in [-0.39, 0.29) is 6.04 Å². The number of aryl methyl sites for hydroxylation is 2. The normalized spacial score (nSPS) is 19.4. The van der Waals surface area contributed by atoms with Crippen LogP contribution >= 0.6 is 11.6 Å². The summed E-state index contributed by atoms with van der Waals surface area (Å²) in [5, 5.41) is 5.23. The number of imidazole rings is 1. The van der Waals surface area contributed by atoms with E-state index in [1.54, 1.807) is 0 Å². The van der Waals surface area contributed by atoms with E-state index in [4.69, 9.17) is 16.6 Å². The Morgan fingerprint density at radius 2 is 2.00 bits per heavy atom. The number of nitrogens with one attached hydrogen (secondary N) is 1. The van der Waals surface area contributed by atoms with Gasteiger partial charge in [0.15, 0.2) is 0 Å². The molecule has 2 aromatic heterocycles. The minimum Gasteiger partial charge on any atom is -0.359 e. The SMILES string of the molecule is Cc1ccc(-n2cccn2)c(N2CC[C@H](C)[C@H]2c2nc3c(C)c(Cl)ccc3[nH]2)c1. The molecule has 3 heterocycles. The van der Waals surface area contributed by atoms with Gasteiger partial charge in [-0.1, -0.05) is 24.6 Å². The highest BCUT2D eigenvalue weighted by Gasteiger charge is 2.36. The molecule has 2 aromatic carbocycles. The number of anilines is 1. The number of fused-ring (bicyclic) bond motifs is 1. The maximum absolute atomic E-state index is 6.33. The Labute approximate surface area is 175 Å². The Morgan fingerprint density at radius 1 is 1.14 bits per heavy atom. The molecule has 1 N–H and O–H groups in total. The van der Waals surface area contributed by atoms with Gasteiger partial charge >= 0.3 is 0 Å². The average molecular weight is 406 g/mol. The molecule has 6 heteroatoms. The Morgan fingerprint density at radius 3 is 2.79 bits per heavy atom. The van der Waals surface area contributed by atoms with Gasteiger partial charge in [0.05, 0.1) is 28.5 Å². The van der Waals surface area contributed by atoms with Crippen LogP contribution in [0.25, 0.3) is 16.7 Å². The van der Waals surface area contributed by atoms with Crippen molar-refractivity contribution in [2.45, 2.75) is 33.2 Å². The molecule has 0 bridgehead atoms. The summed E-state index contributed by atoms with van der Waals surface area (Å²) in [6, 6.07) is 12.6. The standard InChI is InChI=1S/C23H24ClN5/c1-14-5-8-19(29-11-4-10-25-29)20(13-14)28-12-9-15(2)22(28)23-26-18-7-6-17(24)16(3)21(18)27-23/h4-8,10-11,13,15,22H,9,12H2,1-3H3,(H,26,27)/t15-,22-/m0/s1. The highest BCUT2D eigenvalue weighted by atomic mass is 35.5. The summed E-state index contributed by atoms with van der Waals surface area (Å²) in [4.78, 5) is 11.0. The fourth-order valence-corrected chi connectivity index (χ4v) is 4.60. The molecule has 1 saturated heterocycles. The number of hydrogen-bond donors (Lipinski definition) is 1. The van der Waals surface area contributed by atoms with Gasteiger partial charge < -0.3 is 9.88 Å². The summed E-state index contributed by atoms with van der Waals surface area (Å²) < 4.78 is 1.94. The van der Waals surface area contributed by atoms with Crippen LogP contribution in [0, 0.1) is 19.8 Å². The van der Waals surface area contributed by atoms with Crippen LogP contribution in [0.4, 0.5) is 5.69 Å². The molecular formula is C23H24ClN5. The summed E-state index contributed by atoms with van der Waals surface area (Å²) in [5.41, 5.74) is 6.55. The van der Waals surface area contributed by atoms with Crippen LogP contribution in [0.5, 0.6) is 0 Å². The van der Waals surface area contributed by atoms with E-state index in [1.807, 2.05) is 42.2 Å². The number of H-pyrrole nitrogens is 1. The summed E-state index contributed by atoms with van der Waals surface area (Å²) in [6.45, 7) is 7.46. The lowest BCUT2D eigenvalue weighted by Crippen LogP contribution is -2.27. The van der Waals surface area contributed by atoms with Crippen molar-refractivity contribution in [2.75, 3.05) is 11.4 Å². The van der Waals surface area contributed by atoms with Gasteiger partial charge in [0.25, 0.3) is 0 Å². The lowest BCUT2D eigenvalue weighted by Gasteiger charge is -2.29. The third-order valence-electron chi connectivity index (χ3n) is 6.03. The number of hydrogen-bond acceptors (Lipinski definition) is 3. The van der Waals surface area contributed by atoms with E-state index >= 15 is 0 Å². The Balaban J connectivity index is 1.64. The molecule has 0 unspecified atom stereocenters. The number of nitrogens with zero attached hydrogens (tertiary/aromatic N) is 4. The molecule has 1 aliphatic heterocycles. The Hall–Kier alpha value is -2.79. The summed E-state index contributed by atoms with van der Waals surface area (Å²) >= 11 is 6.33. The van der Waals surface area contributed by atoms with Crippen molar-refractivity contribution < 1.29 is 0 Å². The second-order valence-corrected chi connectivity index (χ2v) is 8.44. The van der Waals surface area contributed by atoms with Gasteiger partial charge in [-0.25, -0.2) is 9.67 Å². The molecule has 0 amide bonds. The van der Waals surface area contributed by atoms with Crippen LogP contribution in [-0.2, 0) is 0 Å². The molecule has 0 aliphatic carbocycles. The third kappa shape index (κ3) is 3.01. The Bertz CT molecular complexity index is 1180. The van der Waals surface area contributed by atoms with Gasteiger partial charge in [0.2, 0.25) is 0 Å². The average Bonchev–Trinajstić information content (AvgIpc) is 3.44. The Kier molecular flexibility index (Phi) is 4.36. The second-order valence-electron chi connectivity index (χ2n) is 8.04. The highest BCUT2D eigenvalue weighted by Crippen LogP contribution is 2.42. The summed E-state index contributed by atoms with van der Waals surface area (Å²) in [6.07, 6.45) is 4.93. The minimum absolute atomic E-state index is 0.177. The van der Waals surface area contributed by atoms with Crippen molar-refractivity contribution in [3.8, 4) is 5.69 Å². The first-order valence-electron chi connectivity index (χ1n) is 10.0. The molecule has 5 rings (SSSR count). The van der Waals surface area contributed by atoms with Crippen LogP contribution in [0.2, 0.25) is 5.02 Å². The van der Waals surface area contributed by atoms with Crippen molar-refractivity contribution in [1.82, 2.24) is 19.7 Å². The topological polar surface area (TPSA) is 49.7 Å². The first-order valence-corrected chi connectivity index (χ1v) is 10.4. The van der Waals surface area contributed by atoms with Gasteiger partial charge in [-0.15, -0.1) is 0 Å². The van der Waals surface area contributed by atoms with Crippen molar-refractivity contribution in [1.29, 1.82) is 0 Å². The summed E-state index contributed by atoms with van der Waals surface area (Å²) in [5.74, 6) is 1.49. The predicted molar refractivity (Wildman–Crippen MR) is 118 cm³/mol. The zero-order valence-corrected chi connectivity index (χ0v) is 17.6. The lowest BCUT2D eigenvalue weighted by molar-refractivity contribution is 0.513. The van der Waals surface area contributed by atoms with E-state index in [9.17, 15) is 0 Å². The quantitative estimate of drug-likeness (QED) is 0.482. The molecular weight excluding hydrogens is 382 g/mol. The fraction of sp³-hybridized carbons (Fsp3) is 0.304. The smallest absolute Gasteiger partial charge is 0.130 e. The molecule has 5 nitrogen and oxygen atoms in total. The van der Waals surface area contributed by atoms with E-state index in [0.29, 0.717) is 5.92 Å². The number of halogens is 1. The van der Waals surface area contributed by atoms with Crippen molar-refractivity contribution >= 4 is 28.3 Å². The zero-order chi connectivity index (χ0) is 20.1. The molecule has 1 fully saturated rings. The molecule has 148 valence electrons. The maximum atomic E-state index is 6.33. The second kappa shape index (κ2) is 6.92. The molecule has 4 aromatic rings. The van der Waals surface area contributed by atoms with Gasteiger partial charge in [-0.3, -0.25) is 0 Å². The van der Waals surface area contributed by atoms with E-state index in [1.165, 1.54) is 11.3 Å². The maximum Gasteiger partial charge on any atom is 0.130 e. The van der Waals surface area contributed by atoms with Crippen molar-refractivity contribution in [3.63, 3.8) is 0 Å². The van der Waals surface area contributed by atoms with Crippen molar-refractivity contribution in [2.24, 2.45) is 5.92 Å². The van der Waals surface area contributed by atoms with E-state index in [2.05, 4.69) is 47.0 Å². The first kappa shape index (κ1) is 18.3. The number of aromatic nitrogens is 4. The molecule has 29 heavy (non-hydrogen) atoms. The lowest BCUT2D eigenvalue weighted by atomic mass is 10.0. The fourth-order valence-electron chi connectivity index (χ4n) is 4.45. The van der Waals surface area contributed by atoms with Gasteiger partial charge in [-0.05, 0) is 67.6 Å². The number of aromatic amines is 1.